The quantitative estimate of drug-likeness (QED) is 0.872. The molecule has 20 heavy (non-hydrogen) atoms. The first-order valence-electron chi connectivity index (χ1n) is 6.88. The van der Waals surface area contributed by atoms with Crippen LogP contribution in [0.4, 0.5) is 4.79 Å². The molecule has 1 aromatic rings. The van der Waals surface area contributed by atoms with Crippen LogP contribution < -0.4 is 10.9 Å². The van der Waals surface area contributed by atoms with Crippen molar-refractivity contribution in [2.24, 2.45) is 0 Å². The normalized spacial score (nSPS) is 15.8. The van der Waals surface area contributed by atoms with Gasteiger partial charge in [-0.3, -0.25) is 4.79 Å². The number of carbonyl (C=O) groups excluding carboxylic acids is 1. The van der Waals surface area contributed by atoms with Crippen molar-refractivity contribution in [3.05, 3.63) is 33.2 Å². The highest BCUT2D eigenvalue weighted by Gasteiger charge is 2.16. The van der Waals surface area contributed by atoms with Crippen molar-refractivity contribution in [1.82, 2.24) is 15.2 Å². The van der Waals surface area contributed by atoms with Gasteiger partial charge in [0, 0.05) is 30.1 Å². The average molecular weight is 295 g/mol. The van der Waals surface area contributed by atoms with E-state index in [-0.39, 0.29) is 18.1 Å². The number of urea groups is 1. The van der Waals surface area contributed by atoms with Crippen LogP contribution in [-0.4, -0.2) is 40.5 Å². The van der Waals surface area contributed by atoms with Gasteiger partial charge in [0.25, 0.3) is 5.56 Å². The third kappa shape index (κ3) is 3.79. The first-order valence-corrected chi connectivity index (χ1v) is 8.03. The molecule has 0 aliphatic carbocycles. The molecule has 2 amide bonds. The molecule has 0 spiro atoms. The van der Waals surface area contributed by atoms with Crippen molar-refractivity contribution in [3.63, 3.8) is 0 Å². The van der Waals surface area contributed by atoms with Gasteiger partial charge in [0.2, 0.25) is 0 Å². The van der Waals surface area contributed by atoms with Crippen LogP contribution in [0.1, 0.15) is 23.2 Å². The summed E-state index contributed by atoms with van der Waals surface area (Å²) in [6, 6.07) is 1.85. The van der Waals surface area contributed by atoms with E-state index in [1.54, 1.807) is 0 Å². The minimum absolute atomic E-state index is 0.0770. The number of aromatic nitrogens is 1. The number of rotatable bonds is 2. The first kappa shape index (κ1) is 15.0. The Bertz CT molecular complexity index is 534. The van der Waals surface area contributed by atoms with E-state index >= 15 is 0 Å². The van der Waals surface area contributed by atoms with Crippen LogP contribution in [0.5, 0.6) is 0 Å². The molecule has 0 radical (unpaired) electrons. The summed E-state index contributed by atoms with van der Waals surface area (Å²) in [5.41, 5.74) is 2.27. The van der Waals surface area contributed by atoms with Crippen LogP contribution in [0.2, 0.25) is 0 Å². The molecule has 0 atom stereocenters. The van der Waals surface area contributed by atoms with Crippen molar-refractivity contribution in [3.8, 4) is 0 Å². The number of aromatic amines is 1. The average Bonchev–Trinajstić information content (AvgIpc) is 2.66. The maximum atomic E-state index is 12.1. The molecule has 1 saturated heterocycles. The lowest BCUT2D eigenvalue weighted by atomic mass is 10.1. The number of hydrogen-bond donors (Lipinski definition) is 2. The third-order valence-corrected chi connectivity index (χ3v) is 4.47. The van der Waals surface area contributed by atoms with Crippen molar-refractivity contribution < 1.29 is 4.79 Å². The predicted molar refractivity (Wildman–Crippen MR) is 82.3 cm³/mol. The van der Waals surface area contributed by atoms with E-state index in [0.717, 1.165) is 42.3 Å². The number of hydrogen-bond acceptors (Lipinski definition) is 3. The van der Waals surface area contributed by atoms with Gasteiger partial charge in [0.05, 0.1) is 6.54 Å². The van der Waals surface area contributed by atoms with Gasteiger partial charge < -0.3 is 15.2 Å². The zero-order valence-electron chi connectivity index (χ0n) is 12.0. The SMILES string of the molecule is Cc1cc(C)c(CNC(=O)N2CCCSCC2)c(=O)[nH]1. The Hall–Kier alpha value is -1.43. The first-order chi connectivity index (χ1) is 9.58. The largest absolute Gasteiger partial charge is 0.334 e. The van der Waals surface area contributed by atoms with Crippen LogP contribution in [0.15, 0.2) is 10.9 Å². The van der Waals surface area contributed by atoms with Gasteiger partial charge in [0.1, 0.15) is 0 Å². The second-order valence-electron chi connectivity index (χ2n) is 5.05. The zero-order valence-corrected chi connectivity index (χ0v) is 12.8. The summed E-state index contributed by atoms with van der Waals surface area (Å²) in [7, 11) is 0. The van der Waals surface area contributed by atoms with Gasteiger partial charge in [0.15, 0.2) is 0 Å². The molecule has 1 aliphatic heterocycles. The second-order valence-corrected chi connectivity index (χ2v) is 6.28. The van der Waals surface area contributed by atoms with E-state index < -0.39 is 0 Å². The lowest BCUT2D eigenvalue weighted by Crippen LogP contribution is -2.41. The highest BCUT2D eigenvalue weighted by atomic mass is 32.2. The predicted octanol–water partition coefficient (Wildman–Crippen LogP) is 1.64. The van der Waals surface area contributed by atoms with E-state index in [4.69, 9.17) is 0 Å². The maximum Gasteiger partial charge on any atom is 0.317 e. The number of aryl methyl sites for hydroxylation is 2. The molecular weight excluding hydrogens is 274 g/mol. The third-order valence-electron chi connectivity index (χ3n) is 3.42. The Morgan fingerprint density at radius 1 is 1.40 bits per heavy atom. The summed E-state index contributed by atoms with van der Waals surface area (Å²) in [5.74, 6) is 2.10. The lowest BCUT2D eigenvalue weighted by molar-refractivity contribution is 0.201. The van der Waals surface area contributed by atoms with Crippen LogP contribution in [0.25, 0.3) is 0 Å². The van der Waals surface area contributed by atoms with Gasteiger partial charge in [-0.2, -0.15) is 11.8 Å². The smallest absolute Gasteiger partial charge is 0.317 e. The summed E-state index contributed by atoms with van der Waals surface area (Å²) >= 11 is 1.88. The van der Waals surface area contributed by atoms with Gasteiger partial charge in [-0.15, -0.1) is 0 Å². The fraction of sp³-hybridized carbons (Fsp3) is 0.571. The van der Waals surface area contributed by atoms with Crippen LogP contribution >= 0.6 is 11.8 Å². The monoisotopic (exact) mass is 295 g/mol. The van der Waals surface area contributed by atoms with Crippen molar-refractivity contribution in [2.45, 2.75) is 26.8 Å². The molecule has 2 heterocycles. The number of thioether (sulfide) groups is 1. The van der Waals surface area contributed by atoms with Crippen molar-refractivity contribution in [2.75, 3.05) is 24.6 Å². The molecule has 0 saturated carbocycles. The van der Waals surface area contributed by atoms with Crippen molar-refractivity contribution >= 4 is 17.8 Å². The minimum atomic E-state index is -0.116. The van der Waals surface area contributed by atoms with Gasteiger partial charge in [-0.05, 0) is 37.7 Å². The number of nitrogens with one attached hydrogen (secondary N) is 2. The standard InChI is InChI=1S/C14H21N3O2S/c1-10-8-11(2)16-13(18)12(10)9-15-14(19)17-4-3-6-20-7-5-17/h8H,3-7,9H2,1-2H3,(H,15,19)(H,16,18). The van der Waals surface area contributed by atoms with Crippen LogP contribution in [-0.2, 0) is 6.54 Å². The Morgan fingerprint density at radius 3 is 2.95 bits per heavy atom. The van der Waals surface area contributed by atoms with Crippen molar-refractivity contribution in [1.29, 1.82) is 0 Å². The molecule has 1 fully saturated rings. The number of nitrogens with zero attached hydrogens (tertiary/aromatic N) is 1. The Morgan fingerprint density at radius 2 is 2.20 bits per heavy atom. The summed E-state index contributed by atoms with van der Waals surface area (Å²) in [6.07, 6.45) is 1.03. The minimum Gasteiger partial charge on any atom is -0.334 e. The highest BCUT2D eigenvalue weighted by Crippen LogP contribution is 2.10. The number of H-pyrrole nitrogens is 1. The van der Waals surface area contributed by atoms with E-state index in [1.165, 1.54) is 0 Å². The van der Waals surface area contributed by atoms with Gasteiger partial charge >= 0.3 is 6.03 Å². The lowest BCUT2D eigenvalue weighted by Gasteiger charge is -2.20. The van der Waals surface area contributed by atoms with Crippen LogP contribution in [0.3, 0.4) is 0 Å². The number of pyridine rings is 1. The Kier molecular flexibility index (Phi) is 5.11. The molecule has 1 aromatic heterocycles. The molecule has 2 rings (SSSR count). The van der Waals surface area contributed by atoms with E-state index in [1.807, 2.05) is 36.6 Å². The highest BCUT2D eigenvalue weighted by molar-refractivity contribution is 7.99. The summed E-state index contributed by atoms with van der Waals surface area (Å²) in [5, 5.41) is 2.86. The molecule has 110 valence electrons. The fourth-order valence-electron chi connectivity index (χ4n) is 2.33. The molecule has 0 aromatic carbocycles. The summed E-state index contributed by atoms with van der Waals surface area (Å²) in [4.78, 5) is 28.6. The van der Waals surface area contributed by atoms with E-state index in [9.17, 15) is 9.59 Å². The molecule has 5 nitrogen and oxygen atoms in total. The molecule has 2 N–H and O–H groups in total. The molecule has 0 unspecified atom stereocenters. The Labute approximate surface area is 123 Å². The summed E-state index contributed by atoms with van der Waals surface area (Å²) < 4.78 is 0. The van der Waals surface area contributed by atoms with Gasteiger partial charge in [-0.25, -0.2) is 4.79 Å². The summed E-state index contributed by atoms with van der Waals surface area (Å²) in [6.45, 7) is 5.60. The molecule has 6 heteroatoms. The number of carbonyl (C=O) groups is 1. The topological polar surface area (TPSA) is 65.2 Å². The van der Waals surface area contributed by atoms with E-state index in [2.05, 4.69) is 10.3 Å². The zero-order chi connectivity index (χ0) is 14.5. The van der Waals surface area contributed by atoms with Gasteiger partial charge in [-0.1, -0.05) is 0 Å². The molecule has 0 bridgehead atoms. The molecule has 1 aliphatic rings. The molecular formula is C14H21N3O2S. The maximum absolute atomic E-state index is 12.1. The second kappa shape index (κ2) is 6.83. The number of amides is 2. The fourth-order valence-corrected chi connectivity index (χ4v) is 3.21. The van der Waals surface area contributed by atoms with Crippen LogP contribution in [0, 0.1) is 13.8 Å². The Balaban J connectivity index is 1.98. The van der Waals surface area contributed by atoms with E-state index in [0.29, 0.717) is 5.56 Å².